The van der Waals surface area contributed by atoms with Crippen LogP contribution in [0, 0.1) is 6.92 Å². The van der Waals surface area contributed by atoms with Gasteiger partial charge in [0, 0.05) is 18.7 Å². The van der Waals surface area contributed by atoms with Crippen LogP contribution in [0.4, 0.5) is 5.82 Å². The van der Waals surface area contributed by atoms with E-state index in [-0.39, 0.29) is 0 Å². The van der Waals surface area contributed by atoms with E-state index < -0.39 is 0 Å². The summed E-state index contributed by atoms with van der Waals surface area (Å²) in [5.74, 6) is 2.62. The molecule has 104 valence electrons. The molecule has 0 N–H and O–H groups in total. The van der Waals surface area contributed by atoms with Crippen LogP contribution in [-0.4, -0.2) is 44.7 Å². The lowest BCUT2D eigenvalue weighted by molar-refractivity contribution is 0.649. The molecule has 5 nitrogen and oxygen atoms in total. The third-order valence-electron chi connectivity index (χ3n) is 3.31. The fraction of sp³-hybridized carbons (Fsp3) is 0.583. The van der Waals surface area contributed by atoms with Crippen molar-refractivity contribution < 1.29 is 0 Å². The fourth-order valence-electron chi connectivity index (χ4n) is 1.99. The molecule has 0 amide bonds. The van der Waals surface area contributed by atoms with Gasteiger partial charge < -0.3 is 4.90 Å². The highest BCUT2D eigenvalue weighted by Gasteiger charge is 2.19. The molecule has 0 radical (unpaired) electrons. The van der Waals surface area contributed by atoms with Crippen molar-refractivity contribution in [2.75, 3.05) is 24.0 Å². The van der Waals surface area contributed by atoms with Crippen molar-refractivity contribution in [3.8, 4) is 0 Å². The van der Waals surface area contributed by atoms with E-state index in [9.17, 15) is 0 Å². The summed E-state index contributed by atoms with van der Waals surface area (Å²) >= 11 is 8.04. The summed E-state index contributed by atoms with van der Waals surface area (Å²) in [6, 6.07) is 0.400. The van der Waals surface area contributed by atoms with Crippen molar-refractivity contribution in [1.29, 1.82) is 0 Å². The zero-order chi connectivity index (χ0) is 14.0. The minimum atomic E-state index is 0.400. The molecule has 0 saturated carbocycles. The molecule has 0 fully saturated rings. The predicted molar refractivity (Wildman–Crippen MR) is 81.4 cm³/mol. The maximum atomic E-state index is 6.18. The van der Waals surface area contributed by atoms with Gasteiger partial charge in [-0.15, -0.1) is 0 Å². The first-order chi connectivity index (χ1) is 9.06. The van der Waals surface area contributed by atoms with Gasteiger partial charge in [0.25, 0.3) is 5.78 Å². The van der Waals surface area contributed by atoms with Gasteiger partial charge in [0.1, 0.15) is 17.3 Å². The number of halogens is 1. The van der Waals surface area contributed by atoms with Gasteiger partial charge in [0.2, 0.25) is 0 Å². The van der Waals surface area contributed by atoms with Crippen LogP contribution in [0.15, 0.2) is 6.33 Å². The Balaban J connectivity index is 2.42. The second-order valence-corrected chi connectivity index (χ2v) is 5.91. The number of rotatable bonds is 5. The minimum Gasteiger partial charge on any atom is -0.356 e. The predicted octanol–water partition coefficient (Wildman–Crippen LogP) is 2.66. The first kappa shape index (κ1) is 14.4. The van der Waals surface area contributed by atoms with Gasteiger partial charge in [-0.05, 0) is 32.3 Å². The zero-order valence-electron chi connectivity index (χ0n) is 11.6. The maximum Gasteiger partial charge on any atom is 0.255 e. The first-order valence-electron chi connectivity index (χ1n) is 6.13. The van der Waals surface area contributed by atoms with Crippen LogP contribution in [0.3, 0.4) is 0 Å². The maximum absolute atomic E-state index is 6.18. The van der Waals surface area contributed by atoms with E-state index in [0.717, 1.165) is 23.6 Å². The molecule has 0 spiro atoms. The van der Waals surface area contributed by atoms with E-state index in [1.54, 1.807) is 4.52 Å². The van der Waals surface area contributed by atoms with Crippen molar-refractivity contribution in [3.63, 3.8) is 0 Å². The van der Waals surface area contributed by atoms with Crippen LogP contribution in [0.25, 0.3) is 5.78 Å². The van der Waals surface area contributed by atoms with Crippen molar-refractivity contribution in [2.45, 2.75) is 26.3 Å². The summed E-state index contributed by atoms with van der Waals surface area (Å²) in [5.41, 5.74) is 0.929. The van der Waals surface area contributed by atoms with Gasteiger partial charge in [0.05, 0.1) is 0 Å². The van der Waals surface area contributed by atoms with Gasteiger partial charge in [-0.2, -0.15) is 31.3 Å². The van der Waals surface area contributed by atoms with E-state index in [2.05, 4.69) is 40.2 Å². The topological polar surface area (TPSA) is 46.3 Å². The lowest BCUT2D eigenvalue weighted by atomic mass is 10.2. The Kier molecular flexibility index (Phi) is 4.52. The minimum absolute atomic E-state index is 0.400. The molecule has 0 aliphatic carbocycles. The lowest BCUT2D eigenvalue weighted by Crippen LogP contribution is -2.32. The van der Waals surface area contributed by atoms with Gasteiger partial charge in [-0.3, -0.25) is 0 Å². The summed E-state index contributed by atoms with van der Waals surface area (Å²) in [7, 11) is 2.06. The monoisotopic (exact) mass is 299 g/mol. The smallest absolute Gasteiger partial charge is 0.255 e. The molecule has 2 heterocycles. The van der Waals surface area contributed by atoms with Crippen LogP contribution in [-0.2, 0) is 0 Å². The first-order valence-corrected chi connectivity index (χ1v) is 7.91. The molecule has 0 saturated heterocycles. The van der Waals surface area contributed by atoms with Crippen LogP contribution in [0.5, 0.6) is 0 Å². The zero-order valence-corrected chi connectivity index (χ0v) is 13.2. The number of anilines is 1. The molecule has 2 rings (SSSR count). The van der Waals surface area contributed by atoms with E-state index >= 15 is 0 Å². The second-order valence-electron chi connectivity index (χ2n) is 4.56. The van der Waals surface area contributed by atoms with Gasteiger partial charge >= 0.3 is 0 Å². The number of aromatic nitrogens is 4. The number of nitrogens with zero attached hydrogens (tertiary/aromatic N) is 5. The van der Waals surface area contributed by atoms with Gasteiger partial charge in [-0.1, -0.05) is 11.6 Å². The number of thioether (sulfide) groups is 1. The Hall–Kier alpha value is -1.01. The quantitative estimate of drug-likeness (QED) is 0.794. The molecule has 2 aromatic heterocycles. The van der Waals surface area contributed by atoms with Crippen molar-refractivity contribution in [1.82, 2.24) is 19.6 Å². The van der Waals surface area contributed by atoms with E-state index in [0.29, 0.717) is 17.0 Å². The summed E-state index contributed by atoms with van der Waals surface area (Å²) < 4.78 is 1.75. The second kappa shape index (κ2) is 5.96. The van der Waals surface area contributed by atoms with Crippen molar-refractivity contribution in [3.05, 3.63) is 17.0 Å². The number of hydrogen-bond acceptors (Lipinski definition) is 5. The Labute approximate surface area is 122 Å². The van der Waals surface area contributed by atoms with Crippen LogP contribution < -0.4 is 4.90 Å². The van der Waals surface area contributed by atoms with Crippen LogP contribution >= 0.6 is 23.4 Å². The normalized spacial score (nSPS) is 12.9. The third-order valence-corrected chi connectivity index (χ3v) is 4.32. The molecule has 1 unspecified atom stereocenters. The Morgan fingerprint density at radius 1 is 1.53 bits per heavy atom. The largest absolute Gasteiger partial charge is 0.356 e. The molecular weight excluding hydrogens is 282 g/mol. The Morgan fingerprint density at radius 2 is 2.26 bits per heavy atom. The average molecular weight is 300 g/mol. The van der Waals surface area contributed by atoms with Crippen molar-refractivity contribution in [2.24, 2.45) is 0 Å². The summed E-state index contributed by atoms with van der Waals surface area (Å²) in [6.07, 6.45) is 4.73. The van der Waals surface area contributed by atoms with E-state index in [4.69, 9.17) is 11.6 Å². The number of fused-ring (bicyclic) bond motifs is 1. The molecule has 1 atom stereocenters. The highest BCUT2D eigenvalue weighted by Crippen LogP contribution is 2.26. The average Bonchev–Trinajstić information content (AvgIpc) is 2.84. The van der Waals surface area contributed by atoms with Crippen molar-refractivity contribution >= 4 is 35.0 Å². The molecule has 0 aliphatic heterocycles. The molecule has 0 aliphatic rings. The van der Waals surface area contributed by atoms with E-state index in [1.807, 2.05) is 18.7 Å². The molecule has 19 heavy (non-hydrogen) atoms. The van der Waals surface area contributed by atoms with Gasteiger partial charge in [-0.25, -0.2) is 0 Å². The van der Waals surface area contributed by atoms with Gasteiger partial charge in [0.15, 0.2) is 0 Å². The Morgan fingerprint density at radius 3 is 2.95 bits per heavy atom. The summed E-state index contributed by atoms with van der Waals surface area (Å²) in [6.45, 7) is 4.16. The fourth-order valence-corrected chi connectivity index (χ4v) is 2.73. The molecule has 2 aromatic rings. The third kappa shape index (κ3) is 2.79. The molecule has 0 aromatic carbocycles. The Bertz CT molecular complexity index is 570. The van der Waals surface area contributed by atoms with E-state index in [1.165, 1.54) is 6.33 Å². The number of hydrogen-bond donors (Lipinski definition) is 0. The molecule has 0 bridgehead atoms. The van der Waals surface area contributed by atoms with Crippen LogP contribution in [0.2, 0.25) is 5.15 Å². The highest BCUT2D eigenvalue weighted by atomic mass is 35.5. The molecular formula is C12H18ClN5S. The standard InChI is InChI=1S/C12H18ClN5S/c1-8(5-6-19-4)17(3)11-9(2)10(13)16-12-14-7-15-18(11)12/h7-8H,5-6H2,1-4H3. The highest BCUT2D eigenvalue weighted by molar-refractivity contribution is 7.98. The summed E-state index contributed by atoms with van der Waals surface area (Å²) in [4.78, 5) is 10.5. The summed E-state index contributed by atoms with van der Waals surface area (Å²) in [5, 5.41) is 4.73. The lowest BCUT2D eigenvalue weighted by Gasteiger charge is -2.28. The molecule has 7 heteroatoms. The van der Waals surface area contributed by atoms with Crippen LogP contribution in [0.1, 0.15) is 18.9 Å². The SMILES string of the molecule is CSCCC(C)N(C)c1c(C)c(Cl)nc2ncnn12.